The second-order valence-corrected chi connectivity index (χ2v) is 13.8. The summed E-state index contributed by atoms with van der Waals surface area (Å²) in [5.74, 6) is 0.0118. The van der Waals surface area contributed by atoms with E-state index in [-0.39, 0.29) is 30.6 Å². The highest BCUT2D eigenvalue weighted by Crippen LogP contribution is 2.67. The number of carbonyl (C=O) groups is 2. The first-order valence-corrected chi connectivity index (χ1v) is 15.5. The summed E-state index contributed by atoms with van der Waals surface area (Å²) in [5.41, 5.74) is 2.53. The highest BCUT2D eigenvalue weighted by atomic mass is 19.4. The molecular formula is C32H42F3N5O3. The van der Waals surface area contributed by atoms with Gasteiger partial charge in [0, 0.05) is 43.1 Å². The molecule has 43 heavy (non-hydrogen) atoms. The molecule has 2 aromatic rings. The van der Waals surface area contributed by atoms with Crippen molar-refractivity contribution in [3.8, 4) is 0 Å². The number of benzene rings is 1. The topological polar surface area (TPSA) is 79.7 Å². The monoisotopic (exact) mass is 601 g/mol. The quantitative estimate of drug-likeness (QED) is 0.431. The highest BCUT2D eigenvalue weighted by Gasteiger charge is 2.69. The lowest BCUT2D eigenvalue weighted by molar-refractivity contribution is -0.188. The summed E-state index contributed by atoms with van der Waals surface area (Å²) in [6.45, 7) is 8.84. The molecule has 11 heteroatoms. The Morgan fingerprint density at radius 2 is 1.91 bits per heavy atom. The number of alkyl halides is 3. The number of piperidine rings is 1. The van der Waals surface area contributed by atoms with Crippen LogP contribution in [0.3, 0.4) is 0 Å². The normalized spacial score (nSPS) is 27.3. The molecule has 1 saturated heterocycles. The molecule has 5 atom stereocenters. The van der Waals surface area contributed by atoms with E-state index >= 15 is 0 Å². The molecule has 2 saturated carbocycles. The van der Waals surface area contributed by atoms with Crippen LogP contribution in [0.15, 0.2) is 30.3 Å². The lowest BCUT2D eigenvalue weighted by Gasteiger charge is -2.68. The molecule has 6 rings (SSSR count). The van der Waals surface area contributed by atoms with Gasteiger partial charge >= 0.3 is 12.3 Å². The molecule has 2 aliphatic heterocycles. The summed E-state index contributed by atoms with van der Waals surface area (Å²) in [6.07, 6.45) is -0.814. The van der Waals surface area contributed by atoms with Crippen molar-refractivity contribution in [2.75, 3.05) is 13.1 Å². The molecule has 2 aliphatic carbocycles. The number of hydrogen-bond donors (Lipinski definition) is 1. The maximum absolute atomic E-state index is 12.9. The number of halogens is 3. The lowest BCUT2D eigenvalue weighted by Crippen LogP contribution is -2.74. The Hall–Kier alpha value is -3.08. The van der Waals surface area contributed by atoms with Gasteiger partial charge in [-0.1, -0.05) is 30.3 Å². The summed E-state index contributed by atoms with van der Waals surface area (Å²) in [4.78, 5) is 33.9. The van der Waals surface area contributed by atoms with E-state index in [0.29, 0.717) is 18.5 Å². The van der Waals surface area contributed by atoms with E-state index in [0.717, 1.165) is 55.0 Å². The molecule has 1 spiro atoms. The first-order valence-electron chi connectivity index (χ1n) is 15.5. The summed E-state index contributed by atoms with van der Waals surface area (Å²) < 4.78 is 46.6. The van der Waals surface area contributed by atoms with Crippen molar-refractivity contribution in [3.63, 3.8) is 0 Å². The van der Waals surface area contributed by atoms with Crippen molar-refractivity contribution in [1.29, 1.82) is 0 Å². The Kier molecular flexibility index (Phi) is 7.54. The maximum Gasteiger partial charge on any atom is 0.408 e. The zero-order chi connectivity index (χ0) is 30.7. The van der Waals surface area contributed by atoms with Gasteiger partial charge in [-0.3, -0.25) is 9.69 Å². The first-order chi connectivity index (χ1) is 20.2. The van der Waals surface area contributed by atoms with Gasteiger partial charge in [-0.05, 0) is 65.4 Å². The van der Waals surface area contributed by atoms with Crippen molar-refractivity contribution in [1.82, 2.24) is 24.7 Å². The van der Waals surface area contributed by atoms with E-state index in [1.807, 2.05) is 58.0 Å². The van der Waals surface area contributed by atoms with Crippen LogP contribution in [0.1, 0.15) is 94.2 Å². The standard InChI is InChI=1S/C32H42F3N5O3/c1-20-36-24-11-14-38(28(41)18-32(33,34)35)19-25(24)40(20)22-16-27-31(17-22)13-10-26(31)39(27)15-12-23(21-8-6-5-7-9-21)37-29(42)43-30(2,3)4/h5-9,22-23,26-27H,10-19H2,1-4H3,(H,37,42)/t22?,23-,26?,27?,31?/m0/s1. The van der Waals surface area contributed by atoms with Gasteiger partial charge in [0.1, 0.15) is 17.8 Å². The Morgan fingerprint density at radius 1 is 1.16 bits per heavy atom. The number of fused-ring (bicyclic) bond motifs is 1. The minimum absolute atomic E-state index is 0.175. The van der Waals surface area contributed by atoms with Crippen LogP contribution in [0.25, 0.3) is 0 Å². The summed E-state index contributed by atoms with van der Waals surface area (Å²) in [7, 11) is 0. The second-order valence-electron chi connectivity index (χ2n) is 13.8. The van der Waals surface area contributed by atoms with Gasteiger partial charge in [-0.25, -0.2) is 9.78 Å². The summed E-state index contributed by atoms with van der Waals surface area (Å²) >= 11 is 0. The van der Waals surface area contributed by atoms with Crippen molar-refractivity contribution in [2.45, 2.75) is 115 Å². The van der Waals surface area contributed by atoms with Crippen molar-refractivity contribution in [2.24, 2.45) is 5.41 Å². The van der Waals surface area contributed by atoms with E-state index in [1.54, 1.807) is 0 Å². The fourth-order valence-corrected chi connectivity index (χ4v) is 8.26. The van der Waals surface area contributed by atoms with E-state index in [4.69, 9.17) is 9.72 Å². The van der Waals surface area contributed by atoms with Crippen LogP contribution in [-0.4, -0.2) is 68.3 Å². The molecule has 234 valence electrons. The van der Waals surface area contributed by atoms with Gasteiger partial charge in [0.2, 0.25) is 5.91 Å². The minimum atomic E-state index is -4.51. The van der Waals surface area contributed by atoms with E-state index in [9.17, 15) is 22.8 Å². The Balaban J connectivity index is 1.15. The molecule has 3 fully saturated rings. The predicted octanol–water partition coefficient (Wildman–Crippen LogP) is 5.85. The molecule has 0 bridgehead atoms. The second kappa shape index (κ2) is 10.8. The van der Waals surface area contributed by atoms with Gasteiger partial charge in [-0.15, -0.1) is 0 Å². The largest absolute Gasteiger partial charge is 0.444 e. The summed E-state index contributed by atoms with van der Waals surface area (Å²) in [6, 6.07) is 10.9. The van der Waals surface area contributed by atoms with Gasteiger partial charge in [0.25, 0.3) is 0 Å². The van der Waals surface area contributed by atoms with Gasteiger partial charge < -0.3 is 19.5 Å². The van der Waals surface area contributed by atoms with Gasteiger partial charge in [0.15, 0.2) is 0 Å². The van der Waals surface area contributed by atoms with E-state index in [2.05, 4.69) is 14.8 Å². The van der Waals surface area contributed by atoms with Gasteiger partial charge in [0.05, 0.1) is 24.0 Å². The molecule has 4 aliphatic rings. The lowest BCUT2D eigenvalue weighted by atomic mass is 9.53. The van der Waals surface area contributed by atoms with Crippen LogP contribution in [0.5, 0.6) is 0 Å². The van der Waals surface area contributed by atoms with Crippen molar-refractivity contribution < 1.29 is 27.5 Å². The number of rotatable bonds is 7. The molecule has 0 radical (unpaired) electrons. The number of aromatic nitrogens is 2. The van der Waals surface area contributed by atoms with Crippen LogP contribution in [-0.2, 0) is 22.5 Å². The number of carbonyl (C=O) groups excluding carboxylic acids is 2. The number of likely N-dealkylation sites (tertiary alicyclic amines) is 1. The number of ether oxygens (including phenoxy) is 1. The zero-order valence-corrected chi connectivity index (χ0v) is 25.4. The van der Waals surface area contributed by atoms with Crippen LogP contribution in [0.2, 0.25) is 0 Å². The maximum atomic E-state index is 12.9. The Labute approximate surface area is 251 Å². The SMILES string of the molecule is Cc1nc2c(n1C1CC3N(CC[C@H](NC(=O)OC(C)(C)C)c4ccccc4)C4CCC43C1)CN(C(=O)CC(F)(F)F)CC2. The van der Waals surface area contributed by atoms with Crippen molar-refractivity contribution >= 4 is 12.0 Å². The number of amides is 2. The van der Waals surface area contributed by atoms with Crippen molar-refractivity contribution in [3.05, 3.63) is 53.1 Å². The van der Waals surface area contributed by atoms with Crippen LogP contribution >= 0.6 is 0 Å². The number of nitrogens with one attached hydrogen (secondary N) is 1. The zero-order valence-electron chi connectivity index (χ0n) is 25.4. The minimum Gasteiger partial charge on any atom is -0.444 e. The molecule has 8 nitrogen and oxygen atoms in total. The third kappa shape index (κ3) is 5.77. The number of aryl methyl sites for hydroxylation is 1. The average molecular weight is 602 g/mol. The molecule has 1 N–H and O–H groups in total. The first kappa shape index (κ1) is 30.0. The Morgan fingerprint density at radius 3 is 2.56 bits per heavy atom. The molecule has 1 aromatic carbocycles. The number of alkyl carbamates (subject to hydrolysis) is 1. The Bertz CT molecular complexity index is 1370. The van der Waals surface area contributed by atoms with Crippen LogP contribution in [0, 0.1) is 12.3 Å². The molecule has 4 unspecified atom stereocenters. The smallest absolute Gasteiger partial charge is 0.408 e. The van der Waals surface area contributed by atoms with Gasteiger partial charge in [-0.2, -0.15) is 13.2 Å². The third-order valence-corrected chi connectivity index (χ3v) is 9.99. The third-order valence-electron chi connectivity index (χ3n) is 9.99. The molecule has 3 heterocycles. The fourth-order valence-electron chi connectivity index (χ4n) is 8.26. The van der Waals surface area contributed by atoms with E-state index in [1.165, 1.54) is 11.3 Å². The average Bonchev–Trinajstić information content (AvgIpc) is 3.44. The predicted molar refractivity (Wildman–Crippen MR) is 154 cm³/mol. The highest BCUT2D eigenvalue weighted by molar-refractivity contribution is 5.77. The fraction of sp³-hybridized carbons (Fsp3) is 0.656. The molecule has 1 aromatic heterocycles. The number of imidazole rings is 1. The molecule has 2 amide bonds. The van der Waals surface area contributed by atoms with Crippen LogP contribution in [0.4, 0.5) is 18.0 Å². The number of hydrogen-bond acceptors (Lipinski definition) is 5. The van der Waals surface area contributed by atoms with Crippen LogP contribution < -0.4 is 5.32 Å². The van der Waals surface area contributed by atoms with E-state index < -0.39 is 30.2 Å². The number of nitrogens with zero attached hydrogens (tertiary/aromatic N) is 4. The summed E-state index contributed by atoms with van der Waals surface area (Å²) in [5, 5.41) is 3.09. The molecular weight excluding hydrogens is 559 g/mol.